The summed E-state index contributed by atoms with van der Waals surface area (Å²) in [5.74, 6) is -0.445. The van der Waals surface area contributed by atoms with E-state index in [2.05, 4.69) is 5.32 Å². The first-order valence-electron chi connectivity index (χ1n) is 7.74. The molecule has 0 aromatic rings. The lowest BCUT2D eigenvalue weighted by atomic mass is 9.74. The quantitative estimate of drug-likeness (QED) is 0.732. The molecule has 0 radical (unpaired) electrons. The predicted molar refractivity (Wildman–Crippen MR) is 84.9 cm³/mol. The number of nitrogens with two attached hydrogens (primary N) is 2. The number of carbonyl (C=O) groups is 2. The van der Waals surface area contributed by atoms with Crippen molar-refractivity contribution in [1.82, 2.24) is 5.32 Å². The predicted octanol–water partition coefficient (Wildman–Crippen LogP) is 1.48. The van der Waals surface area contributed by atoms with E-state index in [9.17, 15) is 9.59 Å². The second-order valence-electron chi connectivity index (χ2n) is 6.87. The van der Waals surface area contributed by atoms with Gasteiger partial charge in [-0.2, -0.15) is 0 Å². The zero-order chi connectivity index (χ0) is 14.8. The fraction of sp³-hybridized carbons (Fsp3) is 0.867. The minimum atomic E-state index is -0.532. The van der Waals surface area contributed by atoms with Gasteiger partial charge in [0, 0.05) is 12.1 Å². The van der Waals surface area contributed by atoms with Crippen LogP contribution in [0, 0.1) is 11.3 Å². The van der Waals surface area contributed by atoms with Gasteiger partial charge in [0.1, 0.15) is 0 Å². The summed E-state index contributed by atoms with van der Waals surface area (Å²) in [5, 5.41) is 2.95. The van der Waals surface area contributed by atoms with Crippen molar-refractivity contribution >= 4 is 24.2 Å². The van der Waals surface area contributed by atoms with E-state index in [1.54, 1.807) is 0 Å². The van der Waals surface area contributed by atoms with Crippen LogP contribution in [0.2, 0.25) is 0 Å². The SMILES string of the molecule is CC1(N)CCCCC1C(=O)NCC1(C(N)=O)CCCC1.Cl. The van der Waals surface area contributed by atoms with Gasteiger partial charge in [0.05, 0.1) is 11.3 Å². The smallest absolute Gasteiger partial charge is 0.225 e. The molecule has 0 aliphatic heterocycles. The summed E-state index contributed by atoms with van der Waals surface area (Å²) in [6.45, 7) is 2.32. The van der Waals surface area contributed by atoms with E-state index in [1.807, 2.05) is 6.92 Å². The highest BCUT2D eigenvalue weighted by molar-refractivity contribution is 5.85. The Bertz CT molecular complexity index is 392. The van der Waals surface area contributed by atoms with Crippen molar-refractivity contribution in [2.45, 2.75) is 63.8 Å². The first kappa shape index (κ1) is 18.2. The van der Waals surface area contributed by atoms with Crippen LogP contribution in [0.5, 0.6) is 0 Å². The summed E-state index contributed by atoms with van der Waals surface area (Å²) >= 11 is 0. The van der Waals surface area contributed by atoms with Gasteiger partial charge in [-0.1, -0.05) is 25.7 Å². The van der Waals surface area contributed by atoms with Crippen molar-refractivity contribution in [3.8, 4) is 0 Å². The van der Waals surface area contributed by atoms with Crippen LogP contribution in [0.3, 0.4) is 0 Å². The van der Waals surface area contributed by atoms with Crippen LogP contribution in [0.15, 0.2) is 0 Å². The summed E-state index contributed by atoms with van der Waals surface area (Å²) in [6.07, 6.45) is 7.44. The first-order chi connectivity index (χ1) is 9.37. The van der Waals surface area contributed by atoms with Crippen molar-refractivity contribution in [3.63, 3.8) is 0 Å². The molecule has 6 heteroatoms. The average molecular weight is 318 g/mol. The Balaban J connectivity index is 0.00000220. The Kier molecular flexibility index (Phi) is 6.05. The number of carbonyl (C=O) groups excluding carboxylic acids is 2. The van der Waals surface area contributed by atoms with E-state index < -0.39 is 11.0 Å². The molecule has 0 aromatic heterocycles. The Morgan fingerprint density at radius 1 is 1.14 bits per heavy atom. The normalized spacial score (nSPS) is 31.2. The third-order valence-corrected chi connectivity index (χ3v) is 5.26. The van der Waals surface area contributed by atoms with Crippen molar-refractivity contribution in [1.29, 1.82) is 0 Å². The Hall–Kier alpha value is -0.810. The molecule has 2 unspecified atom stereocenters. The molecule has 5 N–H and O–H groups in total. The highest BCUT2D eigenvalue weighted by Crippen LogP contribution is 2.37. The second kappa shape index (κ2) is 6.97. The summed E-state index contributed by atoms with van der Waals surface area (Å²) < 4.78 is 0. The van der Waals surface area contributed by atoms with Crippen molar-refractivity contribution < 1.29 is 9.59 Å². The number of rotatable bonds is 4. The first-order valence-corrected chi connectivity index (χ1v) is 7.74. The Morgan fingerprint density at radius 3 is 2.24 bits per heavy atom. The highest BCUT2D eigenvalue weighted by Gasteiger charge is 2.42. The maximum Gasteiger partial charge on any atom is 0.225 e. The number of amides is 2. The molecule has 21 heavy (non-hydrogen) atoms. The number of primary amides is 1. The minimum Gasteiger partial charge on any atom is -0.369 e. The monoisotopic (exact) mass is 317 g/mol. The molecule has 0 saturated heterocycles. The van der Waals surface area contributed by atoms with E-state index in [1.165, 1.54) is 0 Å². The molecule has 0 spiro atoms. The van der Waals surface area contributed by atoms with Crippen LogP contribution >= 0.6 is 12.4 Å². The largest absolute Gasteiger partial charge is 0.369 e. The van der Waals surface area contributed by atoms with Crippen LogP contribution in [-0.4, -0.2) is 23.9 Å². The zero-order valence-electron chi connectivity index (χ0n) is 12.8. The number of hydrogen-bond donors (Lipinski definition) is 3. The van der Waals surface area contributed by atoms with Gasteiger partial charge in [-0.25, -0.2) is 0 Å². The summed E-state index contributed by atoms with van der Waals surface area (Å²) in [6, 6.07) is 0. The van der Waals surface area contributed by atoms with E-state index >= 15 is 0 Å². The number of hydrogen-bond acceptors (Lipinski definition) is 3. The summed E-state index contributed by atoms with van der Waals surface area (Å²) in [7, 11) is 0. The van der Waals surface area contributed by atoms with Crippen molar-refractivity contribution in [2.75, 3.05) is 6.54 Å². The molecule has 5 nitrogen and oxygen atoms in total. The van der Waals surface area contributed by atoms with Gasteiger partial charge in [-0.3, -0.25) is 9.59 Å². The molecule has 0 aromatic carbocycles. The molecule has 0 bridgehead atoms. The summed E-state index contributed by atoms with van der Waals surface area (Å²) in [5.41, 5.74) is 10.8. The third kappa shape index (κ3) is 3.89. The molecule has 2 aliphatic rings. The van der Waals surface area contributed by atoms with Crippen LogP contribution < -0.4 is 16.8 Å². The maximum absolute atomic E-state index is 12.4. The fourth-order valence-corrected chi connectivity index (χ4v) is 3.73. The lowest BCUT2D eigenvalue weighted by Gasteiger charge is -2.38. The van der Waals surface area contributed by atoms with E-state index in [4.69, 9.17) is 11.5 Å². The summed E-state index contributed by atoms with van der Waals surface area (Å²) in [4.78, 5) is 24.1. The molecule has 0 heterocycles. The lowest BCUT2D eigenvalue weighted by Crippen LogP contribution is -2.54. The van der Waals surface area contributed by atoms with Crippen LogP contribution in [0.25, 0.3) is 0 Å². The molecular weight excluding hydrogens is 290 g/mol. The zero-order valence-corrected chi connectivity index (χ0v) is 13.6. The van der Waals surface area contributed by atoms with E-state index in [0.29, 0.717) is 6.54 Å². The molecule has 122 valence electrons. The molecule has 2 fully saturated rings. The van der Waals surface area contributed by atoms with Crippen LogP contribution in [0.1, 0.15) is 58.3 Å². The molecule has 2 amide bonds. The molecule has 2 saturated carbocycles. The van der Waals surface area contributed by atoms with Gasteiger partial charge in [0.25, 0.3) is 0 Å². The van der Waals surface area contributed by atoms with Gasteiger partial charge < -0.3 is 16.8 Å². The second-order valence-corrected chi connectivity index (χ2v) is 6.87. The topological polar surface area (TPSA) is 98.2 Å². The molecule has 2 atom stereocenters. The average Bonchev–Trinajstić information content (AvgIpc) is 2.85. The van der Waals surface area contributed by atoms with Gasteiger partial charge in [0.15, 0.2) is 0 Å². The van der Waals surface area contributed by atoms with Gasteiger partial charge in [0.2, 0.25) is 11.8 Å². The molecule has 2 aliphatic carbocycles. The maximum atomic E-state index is 12.4. The highest BCUT2D eigenvalue weighted by atomic mass is 35.5. The number of halogens is 1. The molecule has 2 rings (SSSR count). The van der Waals surface area contributed by atoms with E-state index in [-0.39, 0.29) is 30.1 Å². The number of nitrogens with one attached hydrogen (secondary N) is 1. The Morgan fingerprint density at radius 2 is 1.71 bits per heavy atom. The minimum absolute atomic E-state index is 0. The Labute approximate surface area is 133 Å². The molecular formula is C15H28ClN3O2. The van der Waals surface area contributed by atoms with Gasteiger partial charge in [-0.05, 0) is 32.6 Å². The van der Waals surface area contributed by atoms with E-state index in [0.717, 1.165) is 51.4 Å². The van der Waals surface area contributed by atoms with Crippen molar-refractivity contribution in [2.24, 2.45) is 22.8 Å². The van der Waals surface area contributed by atoms with Gasteiger partial charge in [-0.15, -0.1) is 12.4 Å². The van der Waals surface area contributed by atoms with Crippen molar-refractivity contribution in [3.05, 3.63) is 0 Å². The van der Waals surface area contributed by atoms with Gasteiger partial charge >= 0.3 is 0 Å². The lowest BCUT2D eigenvalue weighted by molar-refractivity contribution is -0.131. The fourth-order valence-electron chi connectivity index (χ4n) is 3.73. The van der Waals surface area contributed by atoms with Crippen LogP contribution in [-0.2, 0) is 9.59 Å². The standard InChI is InChI=1S/C15H27N3O2.ClH/c1-14(17)7-3-2-6-11(14)12(19)18-10-15(13(16)20)8-4-5-9-15;/h11H,2-10,17H2,1H3,(H2,16,20)(H,18,19);1H. The third-order valence-electron chi connectivity index (χ3n) is 5.26. The van der Waals surface area contributed by atoms with Crippen LogP contribution in [0.4, 0.5) is 0 Å².